The van der Waals surface area contributed by atoms with E-state index in [0.717, 1.165) is 28.1 Å². The maximum atomic E-state index is 13.4. The number of anilines is 1. The Morgan fingerprint density at radius 3 is 2.42 bits per heavy atom. The van der Waals surface area contributed by atoms with E-state index >= 15 is 0 Å². The first-order valence-corrected chi connectivity index (χ1v) is 13.4. The number of carbonyl (C=O) groups is 1. The molecule has 0 radical (unpaired) electrons. The fourth-order valence-electron chi connectivity index (χ4n) is 4.43. The quantitative estimate of drug-likeness (QED) is 0.246. The van der Waals surface area contributed by atoms with Crippen LogP contribution < -0.4 is 9.73 Å². The zero-order valence-corrected chi connectivity index (χ0v) is 21.3. The number of nitrogens with one attached hydrogen (secondary N) is 1. The summed E-state index contributed by atoms with van der Waals surface area (Å²) in [4.78, 5) is 12.9. The van der Waals surface area contributed by atoms with E-state index in [4.69, 9.17) is 23.2 Å². The van der Waals surface area contributed by atoms with Crippen molar-refractivity contribution in [2.75, 3.05) is 10.8 Å². The van der Waals surface area contributed by atoms with Crippen molar-refractivity contribution in [3.8, 4) is 0 Å². The van der Waals surface area contributed by atoms with Gasteiger partial charge in [-0.3, -0.25) is 9.10 Å². The maximum absolute atomic E-state index is 13.4. The summed E-state index contributed by atoms with van der Waals surface area (Å²) in [6.45, 7) is -0.543. The van der Waals surface area contributed by atoms with Crippen molar-refractivity contribution in [2.45, 2.75) is 17.7 Å². The van der Waals surface area contributed by atoms with Crippen molar-refractivity contribution in [3.63, 3.8) is 0 Å². The fourth-order valence-corrected chi connectivity index (χ4v) is 6.33. The van der Waals surface area contributed by atoms with E-state index in [1.165, 1.54) is 34.7 Å². The lowest BCUT2D eigenvalue weighted by molar-refractivity contribution is -0.119. The van der Waals surface area contributed by atoms with Gasteiger partial charge in [0, 0.05) is 5.56 Å². The molecule has 9 heteroatoms. The molecule has 0 aliphatic heterocycles. The summed E-state index contributed by atoms with van der Waals surface area (Å²) < 4.78 is 27.8. The standard InChI is InChI=1S/C27H21Cl2N3O3S/c28-23-10-5-11-24(27(23)29)32(36(34,35)21-7-2-1-3-8-21)17-25(33)31-30-16-20-15-14-19-13-12-18-6-4-9-22(20)26(18)19/h1-11,14-16H,12-13,17H2,(H,31,33)/b30-16-. The number of nitrogens with zero attached hydrogens (tertiary/aromatic N) is 2. The van der Waals surface area contributed by atoms with Gasteiger partial charge in [0.15, 0.2) is 0 Å². The Morgan fingerprint density at radius 2 is 1.64 bits per heavy atom. The molecule has 0 spiro atoms. The Bertz CT molecular complexity index is 1600. The number of rotatable bonds is 7. The lowest BCUT2D eigenvalue weighted by Gasteiger charge is -2.24. The third-order valence-corrected chi connectivity index (χ3v) is 8.70. The molecule has 36 heavy (non-hydrogen) atoms. The Labute approximate surface area is 219 Å². The number of sulfonamides is 1. The van der Waals surface area contributed by atoms with Gasteiger partial charge in [-0.2, -0.15) is 5.10 Å². The van der Waals surface area contributed by atoms with Crippen LogP contribution in [0.25, 0.3) is 10.8 Å². The Hall–Kier alpha value is -3.39. The van der Waals surface area contributed by atoms with Gasteiger partial charge in [-0.25, -0.2) is 13.8 Å². The van der Waals surface area contributed by atoms with E-state index in [9.17, 15) is 13.2 Å². The molecule has 0 heterocycles. The fraction of sp³-hybridized carbons (Fsp3) is 0.111. The van der Waals surface area contributed by atoms with Gasteiger partial charge in [-0.15, -0.1) is 0 Å². The maximum Gasteiger partial charge on any atom is 0.264 e. The average Bonchev–Trinajstić information content (AvgIpc) is 3.31. The SMILES string of the molecule is O=C(CN(c1cccc(Cl)c1Cl)S(=O)(=O)c1ccccc1)N/N=C\c1ccc2c3c(cccc13)CC2. The first kappa shape index (κ1) is 24.3. The molecule has 0 saturated heterocycles. The van der Waals surface area contributed by atoms with E-state index < -0.39 is 22.5 Å². The van der Waals surface area contributed by atoms with Crippen molar-refractivity contribution in [2.24, 2.45) is 5.10 Å². The van der Waals surface area contributed by atoms with Gasteiger partial charge >= 0.3 is 0 Å². The topological polar surface area (TPSA) is 78.8 Å². The van der Waals surface area contributed by atoms with Gasteiger partial charge in [0.25, 0.3) is 15.9 Å². The highest BCUT2D eigenvalue weighted by Crippen LogP contribution is 2.35. The molecule has 1 N–H and O–H groups in total. The second-order valence-electron chi connectivity index (χ2n) is 8.34. The zero-order chi connectivity index (χ0) is 25.3. The van der Waals surface area contributed by atoms with Gasteiger partial charge in [0.1, 0.15) is 6.54 Å². The first-order chi connectivity index (χ1) is 17.4. The largest absolute Gasteiger partial charge is 0.271 e. The summed E-state index contributed by atoms with van der Waals surface area (Å²) >= 11 is 12.5. The molecular formula is C27H21Cl2N3O3S. The van der Waals surface area contributed by atoms with Gasteiger partial charge < -0.3 is 0 Å². The molecule has 1 amide bonds. The minimum Gasteiger partial charge on any atom is -0.271 e. The highest BCUT2D eigenvalue weighted by molar-refractivity contribution is 7.92. The summed E-state index contributed by atoms with van der Waals surface area (Å²) in [5.74, 6) is -0.632. The van der Waals surface area contributed by atoms with E-state index in [1.807, 2.05) is 18.2 Å². The molecule has 1 aliphatic carbocycles. The molecular weight excluding hydrogens is 517 g/mol. The summed E-state index contributed by atoms with van der Waals surface area (Å²) in [5.41, 5.74) is 6.02. The van der Waals surface area contributed by atoms with Crippen molar-refractivity contribution in [1.29, 1.82) is 0 Å². The molecule has 0 atom stereocenters. The molecule has 4 aromatic rings. The number of halogens is 2. The molecule has 0 unspecified atom stereocenters. The monoisotopic (exact) mass is 537 g/mol. The van der Waals surface area contributed by atoms with E-state index in [2.05, 4.69) is 22.7 Å². The molecule has 5 rings (SSSR count). The van der Waals surface area contributed by atoms with Crippen molar-refractivity contribution in [1.82, 2.24) is 5.43 Å². The van der Waals surface area contributed by atoms with Crippen LogP contribution >= 0.6 is 23.2 Å². The van der Waals surface area contributed by atoms with Crippen LogP contribution in [0.1, 0.15) is 16.7 Å². The molecule has 6 nitrogen and oxygen atoms in total. The summed E-state index contributed by atoms with van der Waals surface area (Å²) in [5, 5.41) is 6.62. The highest BCUT2D eigenvalue weighted by Gasteiger charge is 2.29. The Balaban J connectivity index is 1.41. The first-order valence-electron chi connectivity index (χ1n) is 11.2. The van der Waals surface area contributed by atoms with Gasteiger partial charge in [-0.05, 0) is 59.0 Å². The molecule has 0 fully saturated rings. The smallest absolute Gasteiger partial charge is 0.264 e. The molecule has 0 aromatic heterocycles. The van der Waals surface area contributed by atoms with Gasteiger partial charge in [0.05, 0.1) is 26.8 Å². The van der Waals surface area contributed by atoms with Crippen LogP contribution in [0.3, 0.4) is 0 Å². The van der Waals surface area contributed by atoms with Crippen LogP contribution in [0.15, 0.2) is 88.9 Å². The zero-order valence-electron chi connectivity index (χ0n) is 19.0. The number of benzene rings is 4. The van der Waals surface area contributed by atoms with Crippen LogP contribution in [0.2, 0.25) is 10.0 Å². The van der Waals surface area contributed by atoms with Crippen LogP contribution in [0, 0.1) is 0 Å². The summed E-state index contributed by atoms with van der Waals surface area (Å²) in [6.07, 6.45) is 3.60. The van der Waals surface area contributed by atoms with E-state index in [-0.39, 0.29) is 20.6 Å². The summed E-state index contributed by atoms with van der Waals surface area (Å²) in [6, 6.07) is 22.7. The number of hydrogen-bond acceptors (Lipinski definition) is 4. The number of aryl methyl sites for hydroxylation is 2. The van der Waals surface area contributed by atoms with E-state index in [0.29, 0.717) is 0 Å². The third-order valence-electron chi connectivity index (χ3n) is 6.12. The lowest BCUT2D eigenvalue weighted by Crippen LogP contribution is -2.39. The number of amides is 1. The number of hydrogen-bond donors (Lipinski definition) is 1. The molecule has 0 bridgehead atoms. The minimum absolute atomic E-state index is 0.0187. The third kappa shape index (κ3) is 4.57. The van der Waals surface area contributed by atoms with Crippen LogP contribution in [0.5, 0.6) is 0 Å². The van der Waals surface area contributed by atoms with Crippen LogP contribution in [-0.2, 0) is 27.7 Å². The predicted molar refractivity (Wildman–Crippen MR) is 145 cm³/mol. The minimum atomic E-state index is -4.12. The average molecular weight is 538 g/mol. The van der Waals surface area contributed by atoms with Crippen molar-refractivity contribution < 1.29 is 13.2 Å². The second-order valence-corrected chi connectivity index (χ2v) is 11.0. The molecule has 182 valence electrons. The Kier molecular flexibility index (Phi) is 6.71. The Morgan fingerprint density at radius 1 is 0.917 bits per heavy atom. The number of carbonyl (C=O) groups excluding carboxylic acids is 1. The van der Waals surface area contributed by atoms with Gasteiger partial charge in [-0.1, -0.05) is 77.8 Å². The number of hydrazone groups is 1. The van der Waals surface area contributed by atoms with Crippen molar-refractivity contribution in [3.05, 3.63) is 106 Å². The summed E-state index contributed by atoms with van der Waals surface area (Å²) in [7, 11) is -4.12. The molecule has 1 aliphatic rings. The van der Waals surface area contributed by atoms with Crippen LogP contribution in [0.4, 0.5) is 5.69 Å². The van der Waals surface area contributed by atoms with Crippen molar-refractivity contribution >= 4 is 61.8 Å². The van der Waals surface area contributed by atoms with Gasteiger partial charge in [0.2, 0.25) is 0 Å². The normalized spacial score (nSPS) is 12.8. The highest BCUT2D eigenvalue weighted by atomic mass is 35.5. The lowest BCUT2D eigenvalue weighted by atomic mass is 10.0. The van der Waals surface area contributed by atoms with E-state index in [1.54, 1.807) is 36.5 Å². The second kappa shape index (κ2) is 9.93. The van der Waals surface area contributed by atoms with Crippen LogP contribution in [-0.4, -0.2) is 27.1 Å². The predicted octanol–water partition coefficient (Wildman–Crippen LogP) is 5.59. The molecule has 0 saturated carbocycles. The molecule has 4 aromatic carbocycles.